The third kappa shape index (κ3) is 5.39. The summed E-state index contributed by atoms with van der Waals surface area (Å²) in [5.74, 6) is -0.257. The Balaban J connectivity index is 1.41. The number of esters is 1. The van der Waals surface area contributed by atoms with Crippen LogP contribution in [0, 0.1) is 0 Å². The number of fused-ring (bicyclic) bond motifs is 1. The van der Waals surface area contributed by atoms with E-state index in [2.05, 4.69) is 24.1 Å². The number of aromatic nitrogens is 1. The quantitative estimate of drug-likeness (QED) is 0.549. The predicted octanol–water partition coefficient (Wildman–Crippen LogP) is 4.92. The number of carbonyl (C=O) groups excluding carboxylic acids is 2. The van der Waals surface area contributed by atoms with Gasteiger partial charge < -0.3 is 10.1 Å². The fraction of sp³-hybridized carbons (Fsp3) is 0.318. The molecule has 146 valence electrons. The van der Waals surface area contributed by atoms with Crippen LogP contribution in [0.4, 0.5) is 5.69 Å². The van der Waals surface area contributed by atoms with Gasteiger partial charge in [0.25, 0.3) is 5.91 Å². The number of amides is 1. The molecular weight excluding hydrogens is 372 g/mol. The molecule has 0 bridgehead atoms. The highest BCUT2D eigenvalue weighted by Crippen LogP contribution is 2.22. The number of aryl methyl sites for hydroxylation is 1. The smallest absolute Gasteiger partial charge is 0.306 e. The molecule has 0 aliphatic carbocycles. The van der Waals surface area contributed by atoms with Crippen LogP contribution in [0.3, 0.4) is 0 Å². The maximum atomic E-state index is 12.0. The minimum Gasteiger partial charge on any atom is -0.456 e. The molecule has 3 aromatic rings. The molecule has 0 fully saturated rings. The zero-order valence-corrected chi connectivity index (χ0v) is 16.9. The van der Waals surface area contributed by atoms with E-state index in [0.717, 1.165) is 21.6 Å². The highest BCUT2D eigenvalue weighted by atomic mass is 32.1. The van der Waals surface area contributed by atoms with Crippen LogP contribution in [0.15, 0.2) is 48.5 Å². The van der Waals surface area contributed by atoms with E-state index in [1.54, 1.807) is 11.3 Å². The number of hydrogen-bond acceptors (Lipinski definition) is 5. The molecule has 0 aliphatic heterocycles. The molecular formula is C22H24N2O3S. The first kappa shape index (κ1) is 20.0. The fourth-order valence-corrected chi connectivity index (χ4v) is 3.75. The van der Waals surface area contributed by atoms with Crippen LogP contribution in [0.1, 0.15) is 43.2 Å². The maximum absolute atomic E-state index is 12.0. The van der Waals surface area contributed by atoms with E-state index >= 15 is 0 Å². The molecule has 0 saturated heterocycles. The van der Waals surface area contributed by atoms with Gasteiger partial charge in [-0.25, -0.2) is 4.98 Å². The number of carbonyl (C=O) groups is 2. The highest BCUT2D eigenvalue weighted by Gasteiger charge is 2.11. The van der Waals surface area contributed by atoms with Crippen molar-refractivity contribution in [2.24, 2.45) is 0 Å². The van der Waals surface area contributed by atoms with E-state index in [0.29, 0.717) is 18.0 Å². The zero-order valence-electron chi connectivity index (χ0n) is 16.1. The molecule has 1 unspecified atom stereocenters. The molecule has 2 aromatic carbocycles. The Morgan fingerprint density at radius 3 is 2.61 bits per heavy atom. The summed E-state index contributed by atoms with van der Waals surface area (Å²) >= 11 is 1.57. The Morgan fingerprint density at radius 1 is 1.14 bits per heavy atom. The summed E-state index contributed by atoms with van der Waals surface area (Å²) in [5, 5.41) is 3.64. The summed E-state index contributed by atoms with van der Waals surface area (Å²) in [6.45, 7) is 4.03. The molecule has 28 heavy (non-hydrogen) atoms. The van der Waals surface area contributed by atoms with Crippen molar-refractivity contribution in [1.29, 1.82) is 0 Å². The van der Waals surface area contributed by atoms with Gasteiger partial charge in [0.2, 0.25) is 0 Å². The van der Waals surface area contributed by atoms with Gasteiger partial charge in [0.1, 0.15) is 0 Å². The third-order valence-corrected chi connectivity index (χ3v) is 5.72. The van der Waals surface area contributed by atoms with E-state index in [1.165, 1.54) is 5.56 Å². The Hall–Kier alpha value is -2.73. The molecule has 0 radical (unpaired) electrons. The summed E-state index contributed by atoms with van der Waals surface area (Å²) in [7, 11) is 0. The number of rotatable bonds is 8. The molecule has 0 aliphatic rings. The Morgan fingerprint density at radius 2 is 1.89 bits per heavy atom. The lowest BCUT2D eigenvalue weighted by molar-refractivity contribution is -0.147. The lowest BCUT2D eigenvalue weighted by Gasteiger charge is -2.10. The van der Waals surface area contributed by atoms with E-state index in [-0.39, 0.29) is 18.9 Å². The van der Waals surface area contributed by atoms with Gasteiger partial charge in [-0.05, 0) is 42.2 Å². The summed E-state index contributed by atoms with van der Waals surface area (Å²) in [6.07, 6.45) is 1.78. The minimum absolute atomic E-state index is 0.205. The van der Waals surface area contributed by atoms with Crippen LogP contribution in [0.5, 0.6) is 0 Å². The van der Waals surface area contributed by atoms with Gasteiger partial charge in [0, 0.05) is 12.1 Å². The number of nitrogens with zero attached hydrogens (tertiary/aromatic N) is 1. The Bertz CT molecular complexity index is 917. The second kappa shape index (κ2) is 9.46. The van der Waals surface area contributed by atoms with Gasteiger partial charge in [0.15, 0.2) is 6.61 Å². The first-order valence-corrected chi connectivity index (χ1v) is 10.3. The van der Waals surface area contributed by atoms with Crippen molar-refractivity contribution in [2.45, 2.75) is 39.0 Å². The van der Waals surface area contributed by atoms with E-state index in [4.69, 9.17) is 4.74 Å². The number of hydrogen-bond donors (Lipinski definition) is 1. The van der Waals surface area contributed by atoms with E-state index in [9.17, 15) is 9.59 Å². The molecule has 1 amide bonds. The molecule has 0 saturated carbocycles. The first-order valence-electron chi connectivity index (χ1n) is 9.45. The van der Waals surface area contributed by atoms with Crippen molar-refractivity contribution in [2.75, 3.05) is 11.9 Å². The average Bonchev–Trinajstić information content (AvgIpc) is 3.13. The van der Waals surface area contributed by atoms with Crippen molar-refractivity contribution < 1.29 is 14.3 Å². The van der Waals surface area contributed by atoms with Gasteiger partial charge in [-0.2, -0.15) is 0 Å². The van der Waals surface area contributed by atoms with Crippen LogP contribution in [0.2, 0.25) is 0 Å². The number of thiazole rings is 1. The van der Waals surface area contributed by atoms with Crippen molar-refractivity contribution in [1.82, 2.24) is 4.98 Å². The molecule has 0 spiro atoms. The SMILES string of the molecule is CCC(C)c1ccc(NC(=O)COC(=O)CCc2nc3ccccc3s2)cc1. The second-order valence-electron chi connectivity index (χ2n) is 6.72. The average molecular weight is 397 g/mol. The van der Waals surface area contributed by atoms with Gasteiger partial charge in [0.05, 0.1) is 21.6 Å². The molecule has 1 atom stereocenters. The Labute approximate surface area is 168 Å². The van der Waals surface area contributed by atoms with Gasteiger partial charge in [-0.15, -0.1) is 11.3 Å². The number of nitrogens with one attached hydrogen (secondary N) is 1. The van der Waals surface area contributed by atoms with Crippen molar-refractivity contribution in [3.63, 3.8) is 0 Å². The van der Waals surface area contributed by atoms with Crippen LogP contribution < -0.4 is 5.32 Å². The molecule has 3 rings (SSSR count). The van der Waals surface area contributed by atoms with Crippen LogP contribution in [-0.4, -0.2) is 23.5 Å². The highest BCUT2D eigenvalue weighted by molar-refractivity contribution is 7.18. The monoisotopic (exact) mass is 396 g/mol. The van der Waals surface area contributed by atoms with Crippen LogP contribution >= 0.6 is 11.3 Å². The predicted molar refractivity (Wildman–Crippen MR) is 113 cm³/mol. The maximum Gasteiger partial charge on any atom is 0.306 e. The molecule has 1 heterocycles. The molecule has 5 nitrogen and oxygen atoms in total. The standard InChI is InChI=1S/C22H24N2O3S/c1-3-15(2)16-8-10-17(11-9-16)23-20(25)14-27-22(26)13-12-21-24-18-6-4-5-7-19(18)28-21/h4-11,15H,3,12-14H2,1-2H3,(H,23,25). The molecule has 1 aromatic heterocycles. The van der Waals surface area contributed by atoms with Gasteiger partial charge >= 0.3 is 5.97 Å². The second-order valence-corrected chi connectivity index (χ2v) is 7.83. The molecule has 1 N–H and O–H groups in total. The summed E-state index contributed by atoms with van der Waals surface area (Å²) in [4.78, 5) is 28.4. The lowest BCUT2D eigenvalue weighted by atomic mass is 9.99. The van der Waals surface area contributed by atoms with Crippen molar-refractivity contribution >= 4 is 39.1 Å². The summed E-state index contributed by atoms with van der Waals surface area (Å²) in [6, 6.07) is 15.6. The van der Waals surface area contributed by atoms with Crippen LogP contribution in [-0.2, 0) is 20.7 Å². The minimum atomic E-state index is -0.401. The number of para-hydroxylation sites is 1. The fourth-order valence-electron chi connectivity index (χ4n) is 2.78. The molecule has 6 heteroatoms. The lowest BCUT2D eigenvalue weighted by Crippen LogP contribution is -2.21. The van der Waals surface area contributed by atoms with Crippen molar-refractivity contribution in [3.8, 4) is 0 Å². The normalized spacial score (nSPS) is 11.9. The number of benzene rings is 2. The number of ether oxygens (including phenoxy) is 1. The topological polar surface area (TPSA) is 68.3 Å². The van der Waals surface area contributed by atoms with Crippen LogP contribution in [0.25, 0.3) is 10.2 Å². The zero-order chi connectivity index (χ0) is 19.9. The van der Waals surface area contributed by atoms with Gasteiger partial charge in [-0.3, -0.25) is 9.59 Å². The first-order chi connectivity index (χ1) is 13.5. The van der Waals surface area contributed by atoms with Crippen molar-refractivity contribution in [3.05, 3.63) is 59.1 Å². The third-order valence-electron chi connectivity index (χ3n) is 4.62. The summed E-state index contributed by atoms with van der Waals surface area (Å²) in [5.41, 5.74) is 2.87. The van der Waals surface area contributed by atoms with E-state index < -0.39 is 5.97 Å². The van der Waals surface area contributed by atoms with E-state index in [1.807, 2.05) is 48.5 Å². The largest absolute Gasteiger partial charge is 0.456 e. The Kier molecular flexibility index (Phi) is 6.76. The summed E-state index contributed by atoms with van der Waals surface area (Å²) < 4.78 is 6.18. The van der Waals surface area contributed by atoms with Gasteiger partial charge in [-0.1, -0.05) is 38.1 Å². The number of anilines is 1.